The van der Waals surface area contributed by atoms with E-state index in [2.05, 4.69) is 10.5 Å². The monoisotopic (exact) mass is 293 g/mol. The molecule has 1 N–H and O–H groups in total. The second-order valence-electron chi connectivity index (χ2n) is 5.95. The summed E-state index contributed by atoms with van der Waals surface area (Å²) >= 11 is 0. The number of piperidine rings is 1. The molecule has 6 nitrogen and oxygen atoms in total. The highest BCUT2D eigenvalue weighted by molar-refractivity contribution is 5.96. The van der Waals surface area contributed by atoms with Crippen LogP contribution in [0.1, 0.15) is 61.3 Å². The molecular formula is C15H23N3O3. The fraction of sp³-hybridized carbons (Fsp3) is 0.667. The van der Waals surface area contributed by atoms with Crippen LogP contribution in [0.2, 0.25) is 0 Å². The van der Waals surface area contributed by atoms with Gasteiger partial charge in [0.25, 0.3) is 5.91 Å². The summed E-state index contributed by atoms with van der Waals surface area (Å²) in [6, 6.07) is 0.0304. The van der Waals surface area contributed by atoms with Crippen LogP contribution >= 0.6 is 0 Å². The molecular weight excluding hydrogens is 270 g/mol. The highest BCUT2D eigenvalue weighted by atomic mass is 16.5. The van der Waals surface area contributed by atoms with Crippen molar-refractivity contribution < 1.29 is 14.1 Å². The standard InChI is InChI=1S/C15H23N3O3/c1-9(2)14-13(10(3)17-21-14)15(20)18-7-5-6-12(8-18)16-11(4)19/h9,12H,5-8H2,1-4H3,(H,16,19)/t12-/m0/s1. The average molecular weight is 293 g/mol. The van der Waals surface area contributed by atoms with E-state index in [0.717, 1.165) is 12.8 Å². The molecule has 1 fully saturated rings. The predicted molar refractivity (Wildman–Crippen MR) is 78.1 cm³/mol. The Hall–Kier alpha value is -1.85. The van der Waals surface area contributed by atoms with Gasteiger partial charge in [0, 0.05) is 32.0 Å². The molecule has 0 spiro atoms. The maximum atomic E-state index is 12.8. The van der Waals surface area contributed by atoms with Gasteiger partial charge in [0.05, 0.1) is 5.69 Å². The summed E-state index contributed by atoms with van der Waals surface area (Å²) in [4.78, 5) is 25.7. The predicted octanol–water partition coefficient (Wildman–Crippen LogP) is 1.85. The van der Waals surface area contributed by atoms with Crippen LogP contribution in [0.4, 0.5) is 0 Å². The van der Waals surface area contributed by atoms with Gasteiger partial charge in [-0.25, -0.2) is 0 Å². The maximum absolute atomic E-state index is 12.8. The van der Waals surface area contributed by atoms with Crippen molar-refractivity contribution in [3.8, 4) is 0 Å². The van der Waals surface area contributed by atoms with E-state index in [1.807, 2.05) is 13.8 Å². The van der Waals surface area contributed by atoms with E-state index in [9.17, 15) is 9.59 Å². The Bertz CT molecular complexity index is 536. The molecule has 1 aliphatic heterocycles. The summed E-state index contributed by atoms with van der Waals surface area (Å²) in [7, 11) is 0. The second-order valence-corrected chi connectivity index (χ2v) is 5.95. The minimum absolute atomic E-state index is 0.0304. The van der Waals surface area contributed by atoms with E-state index < -0.39 is 0 Å². The first-order valence-electron chi connectivity index (χ1n) is 7.42. The van der Waals surface area contributed by atoms with Gasteiger partial charge < -0.3 is 14.7 Å². The first kappa shape index (κ1) is 15.5. The van der Waals surface area contributed by atoms with Crippen molar-refractivity contribution >= 4 is 11.8 Å². The lowest BCUT2D eigenvalue weighted by Gasteiger charge is -2.33. The van der Waals surface area contributed by atoms with Crippen molar-refractivity contribution in [2.45, 2.75) is 52.5 Å². The van der Waals surface area contributed by atoms with Gasteiger partial charge in [0.1, 0.15) is 5.56 Å². The Balaban J connectivity index is 2.16. The van der Waals surface area contributed by atoms with E-state index in [-0.39, 0.29) is 23.8 Å². The van der Waals surface area contributed by atoms with Gasteiger partial charge in [-0.3, -0.25) is 9.59 Å². The Labute approximate surface area is 124 Å². The van der Waals surface area contributed by atoms with E-state index in [4.69, 9.17) is 4.52 Å². The lowest BCUT2D eigenvalue weighted by atomic mass is 10.0. The Morgan fingerprint density at radius 3 is 2.76 bits per heavy atom. The molecule has 0 aliphatic carbocycles. The molecule has 0 saturated carbocycles. The molecule has 2 rings (SSSR count). The Morgan fingerprint density at radius 1 is 1.43 bits per heavy atom. The molecule has 6 heteroatoms. The zero-order chi connectivity index (χ0) is 15.6. The number of nitrogens with one attached hydrogen (secondary N) is 1. The van der Waals surface area contributed by atoms with Crippen molar-refractivity contribution in [1.82, 2.24) is 15.4 Å². The van der Waals surface area contributed by atoms with Gasteiger partial charge in [-0.05, 0) is 19.8 Å². The molecule has 1 atom stereocenters. The molecule has 0 aromatic carbocycles. The van der Waals surface area contributed by atoms with E-state index in [1.54, 1.807) is 11.8 Å². The quantitative estimate of drug-likeness (QED) is 0.922. The molecule has 1 aliphatic rings. The smallest absolute Gasteiger partial charge is 0.259 e. The summed E-state index contributed by atoms with van der Waals surface area (Å²) in [6.07, 6.45) is 1.79. The summed E-state index contributed by atoms with van der Waals surface area (Å²) in [6.45, 7) is 8.50. The normalized spacial score (nSPS) is 18.9. The summed E-state index contributed by atoms with van der Waals surface area (Å²) in [5.41, 5.74) is 1.21. The van der Waals surface area contributed by atoms with Crippen LogP contribution in [0, 0.1) is 6.92 Å². The molecule has 116 valence electrons. The molecule has 2 amide bonds. The number of aromatic nitrogens is 1. The van der Waals surface area contributed by atoms with Gasteiger partial charge in [0.2, 0.25) is 5.91 Å². The van der Waals surface area contributed by atoms with Crippen molar-refractivity contribution in [1.29, 1.82) is 0 Å². The van der Waals surface area contributed by atoms with Crippen LogP contribution in [0.3, 0.4) is 0 Å². The number of carbonyl (C=O) groups is 2. The third-order valence-electron chi connectivity index (χ3n) is 3.74. The Morgan fingerprint density at radius 2 is 2.14 bits per heavy atom. The summed E-state index contributed by atoms with van der Waals surface area (Å²) in [5, 5.41) is 6.82. The van der Waals surface area contributed by atoms with Gasteiger partial charge in [-0.2, -0.15) is 0 Å². The third kappa shape index (κ3) is 3.43. The van der Waals surface area contributed by atoms with E-state index in [1.165, 1.54) is 6.92 Å². The molecule has 1 aromatic heterocycles. The maximum Gasteiger partial charge on any atom is 0.259 e. The number of hydrogen-bond donors (Lipinski definition) is 1. The van der Waals surface area contributed by atoms with Crippen molar-refractivity contribution in [2.24, 2.45) is 0 Å². The lowest BCUT2D eigenvalue weighted by Crippen LogP contribution is -2.49. The minimum atomic E-state index is -0.0571. The summed E-state index contributed by atoms with van der Waals surface area (Å²) in [5.74, 6) is 0.645. The number of hydrogen-bond acceptors (Lipinski definition) is 4. The van der Waals surface area contributed by atoms with Crippen LogP contribution in [0.15, 0.2) is 4.52 Å². The van der Waals surface area contributed by atoms with Crippen LogP contribution in [-0.2, 0) is 4.79 Å². The largest absolute Gasteiger partial charge is 0.360 e. The van der Waals surface area contributed by atoms with Crippen molar-refractivity contribution in [3.05, 3.63) is 17.0 Å². The summed E-state index contributed by atoms with van der Waals surface area (Å²) < 4.78 is 5.29. The minimum Gasteiger partial charge on any atom is -0.360 e. The van der Waals surface area contributed by atoms with E-state index in [0.29, 0.717) is 30.1 Å². The second kappa shape index (κ2) is 6.28. The fourth-order valence-electron chi connectivity index (χ4n) is 2.77. The zero-order valence-electron chi connectivity index (χ0n) is 13.1. The molecule has 1 aromatic rings. The van der Waals surface area contributed by atoms with Crippen LogP contribution in [0.5, 0.6) is 0 Å². The highest BCUT2D eigenvalue weighted by Crippen LogP contribution is 2.25. The molecule has 0 bridgehead atoms. The van der Waals surface area contributed by atoms with Gasteiger partial charge in [0.15, 0.2) is 5.76 Å². The molecule has 2 heterocycles. The van der Waals surface area contributed by atoms with Gasteiger partial charge >= 0.3 is 0 Å². The van der Waals surface area contributed by atoms with Gasteiger partial charge in [-0.15, -0.1) is 0 Å². The van der Waals surface area contributed by atoms with Crippen molar-refractivity contribution in [3.63, 3.8) is 0 Å². The van der Waals surface area contributed by atoms with Gasteiger partial charge in [-0.1, -0.05) is 19.0 Å². The molecule has 1 saturated heterocycles. The topological polar surface area (TPSA) is 75.4 Å². The average Bonchev–Trinajstić information content (AvgIpc) is 2.79. The molecule has 0 radical (unpaired) electrons. The van der Waals surface area contributed by atoms with Crippen LogP contribution < -0.4 is 5.32 Å². The van der Waals surface area contributed by atoms with Crippen LogP contribution in [0.25, 0.3) is 0 Å². The number of aryl methyl sites for hydroxylation is 1. The number of rotatable bonds is 3. The number of amides is 2. The molecule has 21 heavy (non-hydrogen) atoms. The number of carbonyl (C=O) groups excluding carboxylic acids is 2. The fourth-order valence-corrected chi connectivity index (χ4v) is 2.77. The first-order valence-corrected chi connectivity index (χ1v) is 7.42. The lowest BCUT2D eigenvalue weighted by molar-refractivity contribution is -0.120. The molecule has 0 unspecified atom stereocenters. The zero-order valence-corrected chi connectivity index (χ0v) is 13.1. The number of likely N-dealkylation sites (tertiary alicyclic amines) is 1. The van der Waals surface area contributed by atoms with E-state index >= 15 is 0 Å². The highest BCUT2D eigenvalue weighted by Gasteiger charge is 2.30. The van der Waals surface area contributed by atoms with Crippen molar-refractivity contribution in [2.75, 3.05) is 13.1 Å². The van der Waals surface area contributed by atoms with Crippen LogP contribution in [-0.4, -0.2) is 41.0 Å². The SMILES string of the molecule is CC(=O)N[C@H]1CCCN(C(=O)c2c(C)noc2C(C)C)C1. The number of nitrogens with zero attached hydrogens (tertiary/aromatic N) is 2. The first-order chi connectivity index (χ1) is 9.90. The third-order valence-corrected chi connectivity index (χ3v) is 3.74. The Kier molecular flexibility index (Phi) is 4.65.